The maximum Gasteiger partial charge on any atom is 0.268 e. The third-order valence-corrected chi connectivity index (χ3v) is 11.8. The van der Waals surface area contributed by atoms with Crippen LogP contribution in [0.4, 0.5) is 0 Å². The Morgan fingerprint density at radius 1 is 0.746 bits per heavy atom. The normalized spacial score (nSPS) is 24.6. The highest BCUT2D eigenvalue weighted by molar-refractivity contribution is 6.01. The van der Waals surface area contributed by atoms with E-state index in [2.05, 4.69) is 54.5 Å². The molecule has 0 aliphatic carbocycles. The van der Waals surface area contributed by atoms with Gasteiger partial charge in [0.2, 0.25) is 35.4 Å². The summed E-state index contributed by atoms with van der Waals surface area (Å²) in [5.41, 5.74) is 27.9. The standard InChI is InChI=1S/C46H88N14O11/c1-5-7-8-9-10-11-12-13-14-16-29(61)22-36(65)58-39-35(64)26-54-43(69)37(33(62)23-48)60-45(71)38(34(63)24-49)59-41(67)31(17-15-20-52-46(50)51)53-25-28(21-27(3)4)55-42(68)32(18-19-47)57-40(66)30(6-2)56-44(39)70/h6,27-29,31-35,37-39,53,61-64H,5,7-26,47-49H2,1-4H3,(H,54,69)(H,55,68)(H,56,70)(H,57,66)(H,58,65)(H,59,67)(H,60,71)(H4,50,51,52)/b30-6-/t28-,29?,31-,32-,33?,34?,35?,37?,38?,39?/m0/s1. The van der Waals surface area contributed by atoms with Gasteiger partial charge >= 0.3 is 0 Å². The molecule has 0 aromatic carbocycles. The third kappa shape index (κ3) is 25.8. The van der Waals surface area contributed by atoms with E-state index in [1.807, 2.05) is 13.8 Å². The number of rotatable bonds is 25. The van der Waals surface area contributed by atoms with Crippen LogP contribution in [0.1, 0.15) is 124 Å². The predicted molar refractivity (Wildman–Crippen MR) is 268 cm³/mol. The molecule has 1 fully saturated rings. The molecule has 25 heteroatoms. The van der Waals surface area contributed by atoms with Gasteiger partial charge in [0.05, 0.1) is 30.8 Å². The number of unbranched alkanes of at least 4 members (excludes halogenated alkanes) is 8. The fourth-order valence-corrected chi connectivity index (χ4v) is 7.77. The lowest BCUT2D eigenvalue weighted by molar-refractivity contribution is -0.137. The van der Waals surface area contributed by atoms with Crippen molar-refractivity contribution in [3.63, 3.8) is 0 Å². The zero-order chi connectivity index (χ0) is 53.5. The molecule has 0 radical (unpaired) electrons. The van der Waals surface area contributed by atoms with Crippen molar-refractivity contribution in [2.24, 2.45) is 39.6 Å². The summed E-state index contributed by atoms with van der Waals surface area (Å²) < 4.78 is 0. The van der Waals surface area contributed by atoms with Crippen molar-refractivity contribution in [3.8, 4) is 0 Å². The van der Waals surface area contributed by atoms with Crippen LogP contribution in [-0.2, 0) is 33.6 Å². The van der Waals surface area contributed by atoms with E-state index in [0.29, 0.717) is 19.3 Å². The monoisotopic (exact) mass is 1010 g/mol. The number of carbonyl (C=O) groups excluding carboxylic acids is 7. The highest BCUT2D eigenvalue weighted by Gasteiger charge is 2.37. The SMILES string of the molecule is C/C=C1\NC(=O)C(NC(=O)CC(O)CCCCCCCCCCC)C(O)CNC(=O)C(C(O)CN)NC(=O)C(C(O)CN)NC(=O)[C@H](CCCN=C(N)N)NC[C@H](CC(C)C)NC(=O)[C@H](CCN)NC1=O. The van der Waals surface area contributed by atoms with Crippen LogP contribution in [0.15, 0.2) is 16.8 Å². The van der Waals surface area contributed by atoms with E-state index in [1.54, 1.807) is 0 Å². The van der Waals surface area contributed by atoms with E-state index in [1.165, 1.54) is 32.3 Å². The maximum atomic E-state index is 14.0. The number of aliphatic hydroxyl groups is 4. The summed E-state index contributed by atoms with van der Waals surface area (Å²) in [6, 6.07) is -8.60. The summed E-state index contributed by atoms with van der Waals surface area (Å²) in [5, 5.41) is 64.3. The molecule has 25 nitrogen and oxygen atoms in total. The molecule has 1 aliphatic heterocycles. The lowest BCUT2D eigenvalue weighted by Crippen LogP contribution is -2.64. The van der Waals surface area contributed by atoms with Crippen LogP contribution in [0.3, 0.4) is 0 Å². The largest absolute Gasteiger partial charge is 0.393 e. The quantitative estimate of drug-likeness (QED) is 0.0178. The molecule has 71 heavy (non-hydrogen) atoms. The first-order valence-electron chi connectivity index (χ1n) is 25.1. The second-order valence-electron chi connectivity index (χ2n) is 18.5. The number of nitrogens with zero attached hydrogens (tertiary/aromatic N) is 1. The molecule has 10 atom stereocenters. The van der Waals surface area contributed by atoms with Crippen molar-refractivity contribution in [1.82, 2.24) is 42.5 Å². The van der Waals surface area contributed by atoms with Gasteiger partial charge in [0.25, 0.3) is 5.91 Å². The van der Waals surface area contributed by atoms with Crippen molar-refractivity contribution in [2.45, 2.75) is 185 Å². The number of hydrogen-bond acceptors (Lipinski definition) is 16. The number of guanidine groups is 1. The number of amides is 7. The Morgan fingerprint density at radius 2 is 1.32 bits per heavy atom. The van der Waals surface area contributed by atoms with Gasteiger partial charge < -0.3 is 91.6 Å². The topological polar surface area (TPSA) is 439 Å². The first kappa shape index (κ1) is 64.0. The molecule has 1 aliphatic rings. The van der Waals surface area contributed by atoms with Crippen LogP contribution in [0.25, 0.3) is 0 Å². The minimum Gasteiger partial charge on any atom is -0.393 e. The number of nitrogens with two attached hydrogens (primary N) is 5. The van der Waals surface area contributed by atoms with Gasteiger partial charge in [-0.3, -0.25) is 38.6 Å². The van der Waals surface area contributed by atoms with Crippen LogP contribution >= 0.6 is 0 Å². The van der Waals surface area contributed by atoms with Gasteiger partial charge in [-0.05, 0) is 51.5 Å². The van der Waals surface area contributed by atoms with Crippen LogP contribution in [0.5, 0.6) is 0 Å². The van der Waals surface area contributed by atoms with Crippen molar-refractivity contribution < 1.29 is 54.0 Å². The molecule has 408 valence electrons. The van der Waals surface area contributed by atoms with E-state index < -0.39 is 128 Å². The van der Waals surface area contributed by atoms with E-state index in [9.17, 15) is 54.0 Å². The second kappa shape index (κ2) is 36.0. The zero-order valence-corrected chi connectivity index (χ0v) is 42.3. The first-order valence-corrected chi connectivity index (χ1v) is 25.1. The Morgan fingerprint density at radius 3 is 1.89 bits per heavy atom. The summed E-state index contributed by atoms with van der Waals surface area (Å²) in [5.74, 6) is -6.87. The molecular weight excluding hydrogens is 925 g/mol. The molecule has 7 unspecified atom stereocenters. The molecule has 22 N–H and O–H groups in total. The van der Waals surface area contributed by atoms with Gasteiger partial charge in [-0.15, -0.1) is 0 Å². The smallest absolute Gasteiger partial charge is 0.268 e. The summed E-state index contributed by atoms with van der Waals surface area (Å²) in [4.78, 5) is 100. The van der Waals surface area contributed by atoms with Crippen LogP contribution in [-0.4, -0.2) is 168 Å². The Balaban J connectivity index is 3.69. The van der Waals surface area contributed by atoms with Gasteiger partial charge in [0.1, 0.15) is 36.0 Å². The minimum atomic E-state index is -1.96. The van der Waals surface area contributed by atoms with Crippen molar-refractivity contribution in [1.29, 1.82) is 0 Å². The Kier molecular flexibility index (Phi) is 32.4. The van der Waals surface area contributed by atoms with E-state index in [-0.39, 0.29) is 56.5 Å². The first-order chi connectivity index (χ1) is 33.7. The number of β-amino-alcohol motifs (C(OH)–C–C–N with tert-alkyl or cyclic N) is 1. The molecule has 1 rings (SSSR count). The average Bonchev–Trinajstić information content (AvgIpc) is 3.32. The molecule has 0 saturated carbocycles. The number of aliphatic imine (C=N–C) groups is 1. The van der Waals surface area contributed by atoms with Crippen molar-refractivity contribution >= 4 is 47.3 Å². The lowest BCUT2D eigenvalue weighted by atomic mass is 10.0. The van der Waals surface area contributed by atoms with Crippen LogP contribution < -0.4 is 71.2 Å². The number of hydrogen-bond donors (Lipinski definition) is 17. The zero-order valence-electron chi connectivity index (χ0n) is 42.3. The Bertz CT molecular complexity index is 1700. The van der Waals surface area contributed by atoms with Crippen LogP contribution in [0.2, 0.25) is 0 Å². The van der Waals surface area contributed by atoms with Gasteiger partial charge in [-0.1, -0.05) is 84.6 Å². The third-order valence-electron chi connectivity index (χ3n) is 11.8. The molecule has 1 heterocycles. The van der Waals surface area contributed by atoms with Gasteiger partial charge in [0, 0.05) is 38.8 Å². The van der Waals surface area contributed by atoms with E-state index in [4.69, 9.17) is 28.7 Å². The van der Waals surface area contributed by atoms with Crippen molar-refractivity contribution in [3.05, 3.63) is 11.8 Å². The number of aliphatic hydroxyl groups excluding tert-OH is 4. The molecule has 0 bridgehead atoms. The van der Waals surface area contributed by atoms with E-state index in [0.717, 1.165) is 32.1 Å². The fourth-order valence-electron chi connectivity index (χ4n) is 7.77. The van der Waals surface area contributed by atoms with Gasteiger partial charge in [-0.2, -0.15) is 0 Å². The molecule has 0 aromatic heterocycles. The summed E-state index contributed by atoms with van der Waals surface area (Å²) in [6.07, 6.45) is 4.53. The Labute approximate surface area is 418 Å². The van der Waals surface area contributed by atoms with Gasteiger partial charge in [-0.25, -0.2) is 0 Å². The predicted octanol–water partition coefficient (Wildman–Crippen LogP) is -4.36. The minimum absolute atomic E-state index is 0.000151. The Hall–Kier alpha value is -5.02. The van der Waals surface area contributed by atoms with Crippen LogP contribution in [0, 0.1) is 5.92 Å². The maximum absolute atomic E-state index is 14.0. The lowest BCUT2D eigenvalue weighted by Gasteiger charge is -2.30. The molecule has 0 spiro atoms. The number of nitrogens with one attached hydrogen (secondary N) is 8. The van der Waals surface area contributed by atoms with E-state index >= 15 is 0 Å². The second-order valence-corrected chi connectivity index (χ2v) is 18.5. The summed E-state index contributed by atoms with van der Waals surface area (Å²) >= 11 is 0. The summed E-state index contributed by atoms with van der Waals surface area (Å²) in [7, 11) is 0. The van der Waals surface area contributed by atoms with Crippen molar-refractivity contribution in [2.75, 3.05) is 39.3 Å². The molecule has 1 saturated heterocycles. The number of carbonyl (C=O) groups is 7. The average molecular weight is 1010 g/mol. The van der Waals surface area contributed by atoms with Gasteiger partial charge in [0.15, 0.2) is 5.96 Å². The molecule has 0 aromatic rings. The highest BCUT2D eigenvalue weighted by Crippen LogP contribution is 2.14. The fraction of sp³-hybridized carbons (Fsp3) is 0.783. The highest BCUT2D eigenvalue weighted by atomic mass is 16.3. The number of allylic oxidation sites excluding steroid dienone is 1. The molecule has 7 amide bonds. The summed E-state index contributed by atoms with van der Waals surface area (Å²) in [6.45, 7) is 5.45. The molecular formula is C46H88N14O11.